The number of aliphatic hydroxyl groups excluding tert-OH is 1. The molecule has 1 unspecified atom stereocenters. The minimum atomic E-state index is -0.507. The molecule has 1 aromatic rings. The fraction of sp³-hybridized carbons (Fsp3) is 0.600. The predicted octanol–water partition coefficient (Wildman–Crippen LogP) is 4.27. The number of hydrogen-bond donors (Lipinski definition) is 1. The van der Waals surface area contributed by atoms with Crippen LogP contribution in [0.2, 0.25) is 0 Å². The van der Waals surface area contributed by atoms with Gasteiger partial charge in [-0.1, -0.05) is 26.7 Å². The molecule has 1 N–H and O–H groups in total. The maximum Gasteiger partial charge on any atom is 0.183 e. The lowest BCUT2D eigenvalue weighted by Gasteiger charge is -2.17. The smallest absolute Gasteiger partial charge is 0.183 e. The van der Waals surface area contributed by atoms with Crippen LogP contribution < -0.4 is 0 Å². The zero-order valence-electron chi connectivity index (χ0n) is 8.26. The molecule has 0 aliphatic heterocycles. The van der Waals surface area contributed by atoms with Crippen LogP contribution in [0.15, 0.2) is 19.6 Å². The zero-order chi connectivity index (χ0) is 10.7. The first-order chi connectivity index (χ1) is 6.60. The van der Waals surface area contributed by atoms with Crippen LogP contribution in [0, 0.1) is 5.92 Å². The summed E-state index contributed by atoms with van der Waals surface area (Å²) in [6.07, 6.45) is 1.40. The SMILES string of the molecule is CCC(CC)C(O)c1cc(Br)c(Br)o1. The van der Waals surface area contributed by atoms with Crippen molar-refractivity contribution in [2.75, 3.05) is 0 Å². The Kier molecular flexibility index (Phi) is 4.67. The molecule has 0 bridgehead atoms. The van der Waals surface area contributed by atoms with E-state index < -0.39 is 6.10 Å². The van der Waals surface area contributed by atoms with Crippen LogP contribution in [0.3, 0.4) is 0 Å². The second kappa shape index (κ2) is 5.33. The van der Waals surface area contributed by atoms with Gasteiger partial charge < -0.3 is 9.52 Å². The highest BCUT2D eigenvalue weighted by molar-refractivity contribution is 9.13. The number of furan rings is 1. The van der Waals surface area contributed by atoms with E-state index in [0.29, 0.717) is 10.4 Å². The van der Waals surface area contributed by atoms with Gasteiger partial charge in [-0.2, -0.15) is 0 Å². The lowest BCUT2D eigenvalue weighted by atomic mass is 9.95. The average molecular weight is 326 g/mol. The Balaban J connectivity index is 2.82. The molecule has 0 aliphatic rings. The molecule has 0 amide bonds. The topological polar surface area (TPSA) is 33.4 Å². The molecule has 2 nitrogen and oxygen atoms in total. The Morgan fingerprint density at radius 1 is 1.36 bits per heavy atom. The maximum atomic E-state index is 9.98. The lowest BCUT2D eigenvalue weighted by Crippen LogP contribution is -2.09. The summed E-state index contributed by atoms with van der Waals surface area (Å²) in [5.74, 6) is 0.886. The molecule has 0 radical (unpaired) electrons. The van der Waals surface area contributed by atoms with E-state index in [1.807, 2.05) is 6.07 Å². The second-order valence-electron chi connectivity index (χ2n) is 3.29. The largest absolute Gasteiger partial charge is 0.450 e. The molecule has 0 fully saturated rings. The predicted molar refractivity (Wildman–Crippen MR) is 63.1 cm³/mol. The summed E-state index contributed by atoms with van der Waals surface area (Å²) < 4.78 is 6.86. The van der Waals surface area contributed by atoms with Gasteiger partial charge in [-0.3, -0.25) is 0 Å². The third-order valence-electron chi connectivity index (χ3n) is 2.45. The van der Waals surface area contributed by atoms with Crippen molar-refractivity contribution in [2.45, 2.75) is 32.8 Å². The standard InChI is InChI=1S/C10H14Br2O2/c1-3-6(4-2)9(13)8-5-7(11)10(12)14-8/h5-6,9,13H,3-4H2,1-2H3. The highest BCUT2D eigenvalue weighted by atomic mass is 79.9. The number of halogens is 2. The third-order valence-corrected chi connectivity index (χ3v) is 4.16. The van der Waals surface area contributed by atoms with Gasteiger partial charge in [-0.05, 0) is 43.8 Å². The van der Waals surface area contributed by atoms with E-state index >= 15 is 0 Å². The Labute approximate surface area is 101 Å². The van der Waals surface area contributed by atoms with Crippen LogP contribution in [0.25, 0.3) is 0 Å². The van der Waals surface area contributed by atoms with E-state index in [-0.39, 0.29) is 5.92 Å². The normalized spacial score (nSPS) is 13.6. The summed E-state index contributed by atoms with van der Waals surface area (Å²) in [6, 6.07) is 1.81. The third kappa shape index (κ3) is 2.61. The molecule has 1 heterocycles. The Bertz CT molecular complexity index is 273. The summed E-state index contributed by atoms with van der Waals surface area (Å²) in [7, 11) is 0. The van der Waals surface area contributed by atoms with E-state index in [9.17, 15) is 5.11 Å². The Morgan fingerprint density at radius 3 is 2.29 bits per heavy atom. The minimum Gasteiger partial charge on any atom is -0.450 e. The van der Waals surface area contributed by atoms with Gasteiger partial charge in [0, 0.05) is 0 Å². The van der Waals surface area contributed by atoms with Gasteiger partial charge in [0.15, 0.2) is 4.67 Å². The van der Waals surface area contributed by atoms with Crippen LogP contribution in [0.1, 0.15) is 38.6 Å². The molecule has 0 aromatic carbocycles. The number of hydrogen-bond acceptors (Lipinski definition) is 2. The average Bonchev–Trinajstić information content (AvgIpc) is 2.49. The quantitative estimate of drug-likeness (QED) is 0.896. The van der Waals surface area contributed by atoms with Gasteiger partial charge in [-0.15, -0.1) is 0 Å². The number of rotatable bonds is 4. The molecule has 80 valence electrons. The Hall–Kier alpha value is 0.200. The molecule has 0 saturated heterocycles. The fourth-order valence-corrected chi connectivity index (χ4v) is 2.08. The monoisotopic (exact) mass is 324 g/mol. The summed E-state index contributed by atoms with van der Waals surface area (Å²) >= 11 is 6.58. The zero-order valence-corrected chi connectivity index (χ0v) is 11.4. The van der Waals surface area contributed by atoms with Gasteiger partial charge in [-0.25, -0.2) is 0 Å². The highest BCUT2D eigenvalue weighted by Gasteiger charge is 2.21. The van der Waals surface area contributed by atoms with Gasteiger partial charge in [0.05, 0.1) is 4.47 Å². The molecule has 0 spiro atoms. The number of aliphatic hydroxyl groups is 1. The lowest BCUT2D eigenvalue weighted by molar-refractivity contribution is 0.0805. The summed E-state index contributed by atoms with van der Waals surface area (Å²) in [4.78, 5) is 0. The molecule has 0 saturated carbocycles. The van der Waals surface area contributed by atoms with Crippen molar-refractivity contribution in [1.82, 2.24) is 0 Å². The first-order valence-electron chi connectivity index (χ1n) is 4.72. The Morgan fingerprint density at radius 2 is 1.93 bits per heavy atom. The molecule has 1 aromatic heterocycles. The van der Waals surface area contributed by atoms with E-state index in [1.165, 1.54) is 0 Å². The first kappa shape index (κ1) is 12.3. The molecule has 4 heteroatoms. The molecule has 1 rings (SSSR count). The van der Waals surface area contributed by atoms with Crippen molar-refractivity contribution < 1.29 is 9.52 Å². The first-order valence-corrected chi connectivity index (χ1v) is 6.31. The van der Waals surface area contributed by atoms with Crippen molar-refractivity contribution in [3.8, 4) is 0 Å². The van der Waals surface area contributed by atoms with Crippen LogP contribution in [0.4, 0.5) is 0 Å². The van der Waals surface area contributed by atoms with Gasteiger partial charge in [0.2, 0.25) is 0 Å². The summed E-state index contributed by atoms with van der Waals surface area (Å²) in [5.41, 5.74) is 0. The van der Waals surface area contributed by atoms with E-state index in [1.54, 1.807) is 0 Å². The highest BCUT2D eigenvalue weighted by Crippen LogP contribution is 2.34. The van der Waals surface area contributed by atoms with Crippen molar-refractivity contribution in [3.63, 3.8) is 0 Å². The van der Waals surface area contributed by atoms with Crippen LogP contribution in [-0.4, -0.2) is 5.11 Å². The van der Waals surface area contributed by atoms with Crippen molar-refractivity contribution in [1.29, 1.82) is 0 Å². The molecule has 0 aliphatic carbocycles. The fourth-order valence-electron chi connectivity index (χ4n) is 1.48. The molecular weight excluding hydrogens is 312 g/mol. The van der Waals surface area contributed by atoms with E-state index in [4.69, 9.17) is 4.42 Å². The molecule has 1 atom stereocenters. The summed E-state index contributed by atoms with van der Waals surface area (Å²) in [6.45, 7) is 4.15. The van der Waals surface area contributed by atoms with Crippen LogP contribution in [-0.2, 0) is 0 Å². The van der Waals surface area contributed by atoms with E-state index in [2.05, 4.69) is 45.7 Å². The minimum absolute atomic E-state index is 0.264. The van der Waals surface area contributed by atoms with Crippen molar-refractivity contribution >= 4 is 31.9 Å². The van der Waals surface area contributed by atoms with Crippen molar-refractivity contribution in [3.05, 3.63) is 21.0 Å². The van der Waals surface area contributed by atoms with Gasteiger partial charge >= 0.3 is 0 Å². The maximum absolute atomic E-state index is 9.98. The van der Waals surface area contributed by atoms with Crippen LogP contribution in [0.5, 0.6) is 0 Å². The van der Waals surface area contributed by atoms with E-state index in [0.717, 1.165) is 17.3 Å². The molecule has 14 heavy (non-hydrogen) atoms. The van der Waals surface area contributed by atoms with Gasteiger partial charge in [0.1, 0.15) is 11.9 Å². The summed E-state index contributed by atoms with van der Waals surface area (Å²) in [5, 5.41) is 9.98. The molecular formula is C10H14Br2O2. The second-order valence-corrected chi connectivity index (χ2v) is 4.87. The van der Waals surface area contributed by atoms with Crippen molar-refractivity contribution in [2.24, 2.45) is 5.92 Å². The van der Waals surface area contributed by atoms with Gasteiger partial charge in [0.25, 0.3) is 0 Å². The van der Waals surface area contributed by atoms with Crippen LogP contribution >= 0.6 is 31.9 Å².